The Bertz CT molecular complexity index is 390. The van der Waals surface area contributed by atoms with Crippen molar-refractivity contribution in [1.82, 2.24) is 20.4 Å². The molecule has 2 N–H and O–H groups in total. The highest BCUT2D eigenvalue weighted by Gasteiger charge is 2.32. The van der Waals surface area contributed by atoms with Crippen LogP contribution in [0.1, 0.15) is 33.6 Å². The fraction of sp³-hybridized carbons (Fsp3) is 0.882. The first-order valence-corrected chi connectivity index (χ1v) is 9.02. The molecule has 0 radical (unpaired) electrons. The van der Waals surface area contributed by atoms with Crippen molar-refractivity contribution in [3.05, 3.63) is 0 Å². The van der Waals surface area contributed by atoms with Gasteiger partial charge in [0.15, 0.2) is 0 Å². The smallest absolute Gasteiger partial charge is 0.246 e. The van der Waals surface area contributed by atoms with E-state index in [1.165, 1.54) is 0 Å². The molecular formula is C17H34N4O3. The Morgan fingerprint density at radius 2 is 1.92 bits per heavy atom. The normalized spacial score (nSPS) is 17.8. The number of likely N-dealkylation sites (tertiary alicyclic amines) is 1. The summed E-state index contributed by atoms with van der Waals surface area (Å²) in [5, 5.41) is 5.83. The monoisotopic (exact) mass is 342 g/mol. The summed E-state index contributed by atoms with van der Waals surface area (Å²) in [6.07, 6.45) is 2.11. The largest absolute Gasteiger partial charge is 0.369 e. The van der Waals surface area contributed by atoms with Gasteiger partial charge in [-0.25, -0.2) is 0 Å². The van der Waals surface area contributed by atoms with Gasteiger partial charge in [0.1, 0.15) is 6.61 Å². The summed E-state index contributed by atoms with van der Waals surface area (Å²) in [6.45, 7) is 10.8. The third kappa shape index (κ3) is 8.08. The van der Waals surface area contributed by atoms with Crippen molar-refractivity contribution in [2.75, 3.05) is 52.9 Å². The fourth-order valence-corrected chi connectivity index (χ4v) is 2.57. The SMILES string of the molecule is CCCN1CCC1C(=O)NCCN(C)CCNC(=O)COC(C)C. The Morgan fingerprint density at radius 3 is 2.46 bits per heavy atom. The van der Waals surface area contributed by atoms with Gasteiger partial charge in [-0.2, -0.15) is 0 Å². The Hall–Kier alpha value is -1.18. The van der Waals surface area contributed by atoms with Crippen LogP contribution in [0.4, 0.5) is 0 Å². The second-order valence-corrected chi connectivity index (χ2v) is 6.64. The molecule has 2 amide bonds. The topological polar surface area (TPSA) is 73.9 Å². The second kappa shape index (κ2) is 11.4. The number of hydrogen-bond acceptors (Lipinski definition) is 5. The minimum atomic E-state index is -0.0913. The van der Waals surface area contributed by atoms with E-state index in [0.717, 1.165) is 39.0 Å². The molecular weight excluding hydrogens is 308 g/mol. The first-order valence-electron chi connectivity index (χ1n) is 9.02. The standard InChI is InChI=1S/C17H34N4O3/c1-5-9-21-10-6-15(21)17(23)19-8-12-20(4)11-7-18-16(22)13-24-14(2)3/h14-15H,5-13H2,1-4H3,(H,18,22)(H,19,23). The molecule has 0 aliphatic carbocycles. The highest BCUT2D eigenvalue weighted by Crippen LogP contribution is 2.17. The summed E-state index contributed by atoms with van der Waals surface area (Å²) in [7, 11) is 1.98. The zero-order valence-corrected chi connectivity index (χ0v) is 15.6. The number of nitrogens with one attached hydrogen (secondary N) is 2. The molecule has 1 heterocycles. The van der Waals surface area contributed by atoms with E-state index in [2.05, 4.69) is 27.4 Å². The van der Waals surface area contributed by atoms with Gasteiger partial charge in [0.25, 0.3) is 0 Å². The van der Waals surface area contributed by atoms with Crippen molar-refractivity contribution in [2.45, 2.75) is 45.8 Å². The Kier molecular flexibility index (Phi) is 9.90. The van der Waals surface area contributed by atoms with E-state index >= 15 is 0 Å². The van der Waals surface area contributed by atoms with Gasteiger partial charge in [-0.15, -0.1) is 0 Å². The van der Waals surface area contributed by atoms with Crippen LogP contribution < -0.4 is 10.6 Å². The number of carbonyl (C=O) groups excluding carboxylic acids is 2. The van der Waals surface area contributed by atoms with E-state index < -0.39 is 0 Å². The van der Waals surface area contributed by atoms with Gasteiger partial charge >= 0.3 is 0 Å². The Morgan fingerprint density at radius 1 is 1.25 bits per heavy atom. The molecule has 24 heavy (non-hydrogen) atoms. The van der Waals surface area contributed by atoms with E-state index in [4.69, 9.17) is 4.74 Å². The lowest BCUT2D eigenvalue weighted by Gasteiger charge is -2.39. The number of likely N-dealkylation sites (N-methyl/N-ethyl adjacent to an activating group) is 1. The molecule has 0 aromatic rings. The molecule has 0 bridgehead atoms. The van der Waals surface area contributed by atoms with Crippen LogP contribution in [0.25, 0.3) is 0 Å². The van der Waals surface area contributed by atoms with Gasteiger partial charge in [0.2, 0.25) is 11.8 Å². The van der Waals surface area contributed by atoms with Gasteiger partial charge in [-0.05, 0) is 40.3 Å². The van der Waals surface area contributed by atoms with Gasteiger partial charge in [0.05, 0.1) is 12.1 Å². The van der Waals surface area contributed by atoms with Gasteiger partial charge in [-0.3, -0.25) is 14.5 Å². The van der Waals surface area contributed by atoms with Crippen LogP contribution in [0.3, 0.4) is 0 Å². The molecule has 1 saturated heterocycles. The van der Waals surface area contributed by atoms with Gasteiger partial charge in [-0.1, -0.05) is 6.92 Å². The van der Waals surface area contributed by atoms with Crippen molar-refractivity contribution in [3.63, 3.8) is 0 Å². The number of amides is 2. The molecule has 0 aromatic heterocycles. The molecule has 0 spiro atoms. The Balaban J connectivity index is 2.04. The van der Waals surface area contributed by atoms with Crippen LogP contribution in [0.5, 0.6) is 0 Å². The average Bonchev–Trinajstić information content (AvgIpc) is 2.49. The highest BCUT2D eigenvalue weighted by atomic mass is 16.5. The fourth-order valence-electron chi connectivity index (χ4n) is 2.57. The second-order valence-electron chi connectivity index (χ2n) is 6.64. The average molecular weight is 342 g/mol. The third-order valence-electron chi connectivity index (χ3n) is 4.10. The van der Waals surface area contributed by atoms with Crippen LogP contribution in [0.2, 0.25) is 0 Å². The lowest BCUT2D eigenvalue weighted by Crippen LogP contribution is -2.56. The summed E-state index contributed by atoms with van der Waals surface area (Å²) in [4.78, 5) is 27.9. The lowest BCUT2D eigenvalue weighted by atomic mass is 10.0. The minimum absolute atomic E-state index is 0.0611. The summed E-state index contributed by atoms with van der Waals surface area (Å²) in [6, 6.07) is 0.0653. The molecule has 1 aliphatic rings. The molecule has 140 valence electrons. The van der Waals surface area contributed by atoms with E-state index in [1.54, 1.807) is 0 Å². The number of ether oxygens (including phenoxy) is 1. The minimum Gasteiger partial charge on any atom is -0.369 e. The quantitative estimate of drug-likeness (QED) is 0.525. The summed E-state index contributed by atoms with van der Waals surface area (Å²) in [5.41, 5.74) is 0. The summed E-state index contributed by atoms with van der Waals surface area (Å²) < 4.78 is 5.24. The van der Waals surface area contributed by atoms with Crippen molar-refractivity contribution in [3.8, 4) is 0 Å². The molecule has 1 aliphatic heterocycles. The predicted octanol–water partition coefficient (Wildman–Crippen LogP) is 0.0599. The molecule has 1 rings (SSSR count). The Labute approximate surface area is 146 Å². The van der Waals surface area contributed by atoms with Crippen LogP contribution in [0.15, 0.2) is 0 Å². The number of rotatable bonds is 12. The van der Waals surface area contributed by atoms with E-state index in [1.807, 2.05) is 20.9 Å². The maximum Gasteiger partial charge on any atom is 0.246 e. The molecule has 1 unspecified atom stereocenters. The number of nitrogens with zero attached hydrogens (tertiary/aromatic N) is 2. The van der Waals surface area contributed by atoms with Crippen LogP contribution in [-0.2, 0) is 14.3 Å². The van der Waals surface area contributed by atoms with Gasteiger partial charge in [0, 0.05) is 32.7 Å². The van der Waals surface area contributed by atoms with Gasteiger partial charge < -0.3 is 20.3 Å². The van der Waals surface area contributed by atoms with Crippen LogP contribution >= 0.6 is 0 Å². The first kappa shape index (κ1) is 20.9. The number of hydrogen-bond donors (Lipinski definition) is 2. The molecule has 1 fully saturated rings. The predicted molar refractivity (Wildman–Crippen MR) is 94.9 cm³/mol. The molecule has 0 aromatic carbocycles. The summed E-state index contributed by atoms with van der Waals surface area (Å²) in [5.74, 6) is 0.0497. The van der Waals surface area contributed by atoms with Crippen LogP contribution in [0, 0.1) is 0 Å². The molecule has 0 saturated carbocycles. The van der Waals surface area contributed by atoms with E-state index in [0.29, 0.717) is 13.1 Å². The maximum atomic E-state index is 12.1. The van der Waals surface area contributed by atoms with E-state index in [9.17, 15) is 9.59 Å². The lowest BCUT2D eigenvalue weighted by molar-refractivity contribution is -0.130. The molecule has 7 nitrogen and oxygen atoms in total. The third-order valence-corrected chi connectivity index (χ3v) is 4.10. The number of carbonyl (C=O) groups is 2. The summed E-state index contributed by atoms with van der Waals surface area (Å²) >= 11 is 0. The van der Waals surface area contributed by atoms with Crippen molar-refractivity contribution < 1.29 is 14.3 Å². The molecule has 1 atom stereocenters. The van der Waals surface area contributed by atoms with E-state index in [-0.39, 0.29) is 30.6 Å². The zero-order chi connectivity index (χ0) is 17.9. The van der Waals surface area contributed by atoms with Crippen molar-refractivity contribution in [2.24, 2.45) is 0 Å². The molecule has 7 heteroatoms. The first-order chi connectivity index (χ1) is 11.4. The maximum absolute atomic E-state index is 12.1. The van der Waals surface area contributed by atoms with Crippen LogP contribution in [-0.4, -0.2) is 86.7 Å². The highest BCUT2D eigenvalue weighted by molar-refractivity contribution is 5.82. The zero-order valence-electron chi connectivity index (χ0n) is 15.6. The van der Waals surface area contributed by atoms with Crippen molar-refractivity contribution >= 4 is 11.8 Å². The van der Waals surface area contributed by atoms with Crippen molar-refractivity contribution in [1.29, 1.82) is 0 Å².